The molecule has 5 heteroatoms. The van der Waals surface area contributed by atoms with Crippen molar-refractivity contribution in [3.8, 4) is 5.75 Å². The Morgan fingerprint density at radius 3 is 2.68 bits per heavy atom. The zero-order valence-corrected chi connectivity index (χ0v) is 13.2. The Morgan fingerprint density at radius 2 is 2.00 bits per heavy atom. The lowest BCUT2D eigenvalue weighted by Gasteiger charge is -2.17. The summed E-state index contributed by atoms with van der Waals surface area (Å²) in [7, 11) is 0. The maximum atomic E-state index is 11.9. The molecule has 0 spiro atoms. The third-order valence-corrected chi connectivity index (χ3v) is 3.46. The Bertz CT molecular complexity index is 731. The first-order valence-electron chi connectivity index (χ1n) is 7.32. The van der Waals surface area contributed by atoms with Gasteiger partial charge in [0, 0.05) is 17.5 Å². The number of hydrogen-bond donors (Lipinski definition) is 0. The monoisotopic (exact) mass is 304 g/mol. The standard InChI is InChI=1S/C17H20O5/c1-5-11(3)20-17(19)12(4)21-13-6-7-14-10(2)8-16(18)22-15(14)9-13/h6-9,11-12H,5H2,1-4H3/t11-,12-/m1/s1. The Labute approximate surface area is 128 Å². The van der Waals surface area contributed by atoms with Crippen LogP contribution in [0, 0.1) is 6.92 Å². The number of fused-ring (bicyclic) bond motifs is 1. The van der Waals surface area contributed by atoms with Crippen molar-refractivity contribution in [2.45, 2.75) is 46.3 Å². The van der Waals surface area contributed by atoms with Crippen molar-refractivity contribution in [3.05, 3.63) is 40.2 Å². The van der Waals surface area contributed by atoms with Gasteiger partial charge in [0.15, 0.2) is 6.10 Å². The lowest BCUT2D eigenvalue weighted by Crippen LogP contribution is -2.29. The van der Waals surface area contributed by atoms with Crippen LogP contribution in [0.25, 0.3) is 11.0 Å². The van der Waals surface area contributed by atoms with E-state index >= 15 is 0 Å². The van der Waals surface area contributed by atoms with Gasteiger partial charge in [0.05, 0.1) is 6.10 Å². The maximum Gasteiger partial charge on any atom is 0.347 e. The molecule has 2 rings (SSSR count). The van der Waals surface area contributed by atoms with E-state index in [4.69, 9.17) is 13.9 Å². The number of carbonyl (C=O) groups excluding carboxylic acids is 1. The van der Waals surface area contributed by atoms with E-state index in [0.29, 0.717) is 11.3 Å². The quantitative estimate of drug-likeness (QED) is 0.627. The molecule has 118 valence electrons. The van der Waals surface area contributed by atoms with Crippen LogP contribution in [0.5, 0.6) is 5.75 Å². The second-order valence-electron chi connectivity index (χ2n) is 5.32. The summed E-state index contributed by atoms with van der Waals surface area (Å²) in [6.07, 6.45) is -0.127. The van der Waals surface area contributed by atoms with Gasteiger partial charge in [-0.05, 0) is 44.9 Å². The van der Waals surface area contributed by atoms with Crippen LogP contribution in [0.15, 0.2) is 33.5 Å². The van der Waals surface area contributed by atoms with Crippen molar-refractivity contribution < 1.29 is 18.7 Å². The Kier molecular flexibility index (Phi) is 4.85. The van der Waals surface area contributed by atoms with Gasteiger partial charge in [-0.3, -0.25) is 0 Å². The molecule has 0 N–H and O–H groups in total. The topological polar surface area (TPSA) is 65.7 Å². The zero-order chi connectivity index (χ0) is 16.3. The molecule has 5 nitrogen and oxygen atoms in total. The van der Waals surface area contributed by atoms with Crippen LogP contribution < -0.4 is 10.4 Å². The first kappa shape index (κ1) is 16.1. The molecule has 1 aromatic heterocycles. The van der Waals surface area contributed by atoms with Crippen LogP contribution in [0.1, 0.15) is 32.8 Å². The number of hydrogen-bond acceptors (Lipinski definition) is 5. The predicted molar refractivity (Wildman–Crippen MR) is 83.2 cm³/mol. The summed E-state index contributed by atoms with van der Waals surface area (Å²) in [6, 6.07) is 6.59. The number of esters is 1. The van der Waals surface area contributed by atoms with Crippen molar-refractivity contribution in [1.82, 2.24) is 0 Å². The SMILES string of the molecule is CC[C@@H](C)OC(=O)[C@@H](C)Oc1ccc2c(C)cc(=O)oc2c1. The lowest BCUT2D eigenvalue weighted by molar-refractivity contribution is -0.155. The van der Waals surface area contributed by atoms with Crippen molar-refractivity contribution in [2.24, 2.45) is 0 Å². The summed E-state index contributed by atoms with van der Waals surface area (Å²) < 4.78 is 16.0. The minimum Gasteiger partial charge on any atom is -0.479 e. The van der Waals surface area contributed by atoms with Crippen LogP contribution >= 0.6 is 0 Å². The Hall–Kier alpha value is -2.30. The predicted octanol–water partition coefficient (Wildman–Crippen LogP) is 3.21. The Morgan fingerprint density at radius 1 is 1.27 bits per heavy atom. The van der Waals surface area contributed by atoms with E-state index < -0.39 is 17.7 Å². The summed E-state index contributed by atoms with van der Waals surface area (Å²) in [5.74, 6) is 0.0370. The van der Waals surface area contributed by atoms with Crippen LogP contribution in [-0.4, -0.2) is 18.2 Å². The molecular formula is C17H20O5. The van der Waals surface area contributed by atoms with E-state index in [1.807, 2.05) is 20.8 Å². The van der Waals surface area contributed by atoms with Gasteiger partial charge >= 0.3 is 11.6 Å². The first-order chi connectivity index (χ1) is 10.4. The fourth-order valence-electron chi connectivity index (χ4n) is 2.01. The number of benzene rings is 1. The highest BCUT2D eigenvalue weighted by atomic mass is 16.6. The van der Waals surface area contributed by atoms with Crippen LogP contribution in [0.2, 0.25) is 0 Å². The molecule has 0 aliphatic heterocycles. The van der Waals surface area contributed by atoms with Crippen molar-refractivity contribution in [1.29, 1.82) is 0 Å². The normalized spacial score (nSPS) is 13.6. The number of carbonyl (C=O) groups is 1. The van der Waals surface area contributed by atoms with Gasteiger partial charge < -0.3 is 13.9 Å². The van der Waals surface area contributed by atoms with E-state index in [2.05, 4.69) is 0 Å². The molecule has 1 aromatic carbocycles. The van der Waals surface area contributed by atoms with Gasteiger partial charge in [-0.2, -0.15) is 0 Å². The third kappa shape index (κ3) is 3.67. The molecule has 1 heterocycles. The van der Waals surface area contributed by atoms with Gasteiger partial charge in [0.2, 0.25) is 0 Å². The summed E-state index contributed by atoms with van der Waals surface area (Å²) in [6.45, 7) is 7.24. The number of ether oxygens (including phenoxy) is 2. The second-order valence-corrected chi connectivity index (χ2v) is 5.32. The first-order valence-corrected chi connectivity index (χ1v) is 7.32. The van der Waals surface area contributed by atoms with Crippen molar-refractivity contribution >= 4 is 16.9 Å². The molecular weight excluding hydrogens is 284 g/mol. The van der Waals surface area contributed by atoms with E-state index in [-0.39, 0.29) is 6.10 Å². The molecule has 0 saturated heterocycles. The van der Waals surface area contributed by atoms with Crippen molar-refractivity contribution in [2.75, 3.05) is 0 Å². The fraction of sp³-hybridized carbons (Fsp3) is 0.412. The molecule has 0 bridgehead atoms. The van der Waals surface area contributed by atoms with E-state index in [1.54, 1.807) is 25.1 Å². The smallest absolute Gasteiger partial charge is 0.347 e. The molecule has 0 amide bonds. The number of rotatable bonds is 5. The van der Waals surface area contributed by atoms with Crippen molar-refractivity contribution in [3.63, 3.8) is 0 Å². The fourth-order valence-corrected chi connectivity index (χ4v) is 2.01. The zero-order valence-electron chi connectivity index (χ0n) is 13.2. The average molecular weight is 304 g/mol. The maximum absolute atomic E-state index is 11.9. The minimum atomic E-state index is -0.733. The molecule has 0 aliphatic carbocycles. The van der Waals surface area contributed by atoms with Gasteiger partial charge in [0.1, 0.15) is 11.3 Å². The summed E-state index contributed by atoms with van der Waals surface area (Å²) in [5.41, 5.74) is 0.860. The van der Waals surface area contributed by atoms with E-state index in [1.165, 1.54) is 6.07 Å². The highest BCUT2D eigenvalue weighted by Gasteiger charge is 2.18. The molecule has 22 heavy (non-hydrogen) atoms. The summed E-state index contributed by atoms with van der Waals surface area (Å²) in [4.78, 5) is 23.3. The van der Waals surface area contributed by atoms with Crippen LogP contribution in [-0.2, 0) is 9.53 Å². The molecule has 0 unspecified atom stereocenters. The molecule has 0 aliphatic rings. The van der Waals surface area contributed by atoms with Gasteiger partial charge in [-0.15, -0.1) is 0 Å². The molecule has 2 aromatic rings. The van der Waals surface area contributed by atoms with E-state index in [0.717, 1.165) is 17.4 Å². The lowest BCUT2D eigenvalue weighted by atomic mass is 10.1. The van der Waals surface area contributed by atoms with Gasteiger partial charge in [-0.1, -0.05) is 6.92 Å². The second kappa shape index (κ2) is 6.64. The molecule has 2 atom stereocenters. The highest BCUT2D eigenvalue weighted by Crippen LogP contribution is 2.23. The summed E-state index contributed by atoms with van der Waals surface area (Å²) >= 11 is 0. The minimum absolute atomic E-state index is 0.143. The molecule has 0 saturated carbocycles. The Balaban J connectivity index is 2.18. The van der Waals surface area contributed by atoms with Gasteiger partial charge in [0.25, 0.3) is 0 Å². The molecule has 0 fully saturated rings. The summed E-state index contributed by atoms with van der Waals surface area (Å²) in [5, 5.41) is 0.835. The van der Waals surface area contributed by atoms with E-state index in [9.17, 15) is 9.59 Å². The van der Waals surface area contributed by atoms with Gasteiger partial charge in [-0.25, -0.2) is 9.59 Å². The third-order valence-electron chi connectivity index (χ3n) is 3.46. The van der Waals surface area contributed by atoms with Crippen LogP contribution in [0.4, 0.5) is 0 Å². The number of aryl methyl sites for hydroxylation is 1. The molecule has 0 radical (unpaired) electrons. The average Bonchev–Trinajstić information content (AvgIpc) is 2.46. The highest BCUT2D eigenvalue weighted by molar-refractivity contribution is 5.81. The van der Waals surface area contributed by atoms with Crippen LogP contribution in [0.3, 0.4) is 0 Å². The largest absolute Gasteiger partial charge is 0.479 e.